The number of hydrogen-bond donors (Lipinski definition) is 1. The van der Waals surface area contributed by atoms with Crippen molar-refractivity contribution in [2.24, 2.45) is 0 Å². The van der Waals surface area contributed by atoms with E-state index in [1.165, 1.54) is 0 Å². The van der Waals surface area contributed by atoms with E-state index in [1.54, 1.807) is 0 Å². The summed E-state index contributed by atoms with van der Waals surface area (Å²) in [6, 6.07) is 0. The molecule has 0 aromatic rings. The van der Waals surface area contributed by atoms with Gasteiger partial charge < -0.3 is 0 Å². The van der Waals surface area contributed by atoms with Crippen LogP contribution in [0.25, 0.3) is 0 Å². The highest BCUT2D eigenvalue weighted by Crippen LogP contribution is 2.08. The Morgan fingerprint density at radius 1 is 1.55 bits per heavy atom. The molecule has 0 saturated heterocycles. The van der Waals surface area contributed by atoms with Crippen molar-refractivity contribution in [2.45, 2.75) is 44.3 Å². The second kappa shape index (κ2) is 6.71. The average molecular weight is 173 g/mol. The number of thiol groups is 1. The average Bonchev–Trinajstić information content (AvgIpc) is 2.03. The van der Waals surface area contributed by atoms with E-state index in [0.29, 0.717) is 12.8 Å². The van der Waals surface area contributed by atoms with Gasteiger partial charge in [0.25, 0.3) is 0 Å². The first kappa shape index (κ1) is 11.0. The van der Waals surface area contributed by atoms with Gasteiger partial charge in [-0.05, 0) is 12.8 Å². The van der Waals surface area contributed by atoms with Gasteiger partial charge >= 0.3 is 0 Å². The number of hydrogen-bond acceptors (Lipinski definition) is 2. The molecule has 0 spiro atoms. The predicted molar refractivity (Wildman–Crippen MR) is 51.9 cm³/mol. The van der Waals surface area contributed by atoms with Crippen molar-refractivity contribution in [3.8, 4) is 0 Å². The molecule has 11 heavy (non-hydrogen) atoms. The van der Waals surface area contributed by atoms with E-state index in [2.05, 4.69) is 26.5 Å². The van der Waals surface area contributed by atoms with E-state index in [-0.39, 0.29) is 11.0 Å². The first-order valence-electron chi connectivity index (χ1n) is 4.22. The molecule has 1 nitrogen and oxygen atoms in total. The van der Waals surface area contributed by atoms with Crippen LogP contribution in [0.4, 0.5) is 0 Å². The fourth-order valence-corrected chi connectivity index (χ4v) is 1.01. The second-order valence-electron chi connectivity index (χ2n) is 2.73. The molecule has 0 rings (SSSR count). The Kier molecular flexibility index (Phi) is 6.73. The van der Waals surface area contributed by atoms with Crippen LogP contribution in [-0.2, 0) is 4.79 Å². The largest absolute Gasteiger partial charge is 0.298 e. The number of rotatable bonds is 6. The smallest absolute Gasteiger partial charge is 0.145 e. The van der Waals surface area contributed by atoms with Crippen LogP contribution in [0.15, 0.2) is 0 Å². The molecule has 0 aliphatic carbocycles. The molecule has 0 aromatic carbocycles. The van der Waals surface area contributed by atoms with Crippen molar-refractivity contribution in [1.82, 2.24) is 0 Å². The predicted octanol–water partition coefficient (Wildman–Crippen LogP) is 2.66. The molecule has 0 aromatic heterocycles. The minimum Gasteiger partial charge on any atom is -0.298 e. The summed E-state index contributed by atoms with van der Waals surface area (Å²) >= 11 is 4.12. The molecule has 0 bridgehead atoms. The van der Waals surface area contributed by atoms with Gasteiger partial charge in [-0.3, -0.25) is 4.79 Å². The molecule has 1 unspecified atom stereocenters. The fraction of sp³-hybridized carbons (Fsp3) is 0.778. The lowest BCUT2D eigenvalue weighted by Crippen LogP contribution is -2.12. The highest BCUT2D eigenvalue weighted by atomic mass is 32.1. The standard InChI is InChI=1S/C9H17OS/c1-3-5-6-7-8(10)9(11)4-2/h9,11H,2-7H2,1H3. The first-order chi connectivity index (χ1) is 5.22. The van der Waals surface area contributed by atoms with Crippen molar-refractivity contribution in [1.29, 1.82) is 0 Å². The summed E-state index contributed by atoms with van der Waals surface area (Å²) in [6.45, 7) is 5.77. The van der Waals surface area contributed by atoms with Crippen LogP contribution in [0, 0.1) is 6.92 Å². The molecule has 0 saturated carbocycles. The molecule has 0 heterocycles. The van der Waals surface area contributed by atoms with Crippen molar-refractivity contribution in [2.75, 3.05) is 0 Å². The molecular weight excluding hydrogens is 156 g/mol. The summed E-state index contributed by atoms with van der Waals surface area (Å²) in [6.07, 6.45) is 4.59. The molecule has 1 atom stereocenters. The third-order valence-electron chi connectivity index (χ3n) is 1.67. The topological polar surface area (TPSA) is 17.1 Å². The summed E-state index contributed by atoms with van der Waals surface area (Å²) < 4.78 is 0. The van der Waals surface area contributed by atoms with Gasteiger partial charge in [-0.25, -0.2) is 0 Å². The third-order valence-corrected chi connectivity index (χ3v) is 2.22. The van der Waals surface area contributed by atoms with Crippen LogP contribution < -0.4 is 0 Å². The van der Waals surface area contributed by atoms with E-state index >= 15 is 0 Å². The lowest BCUT2D eigenvalue weighted by Gasteiger charge is -2.04. The Morgan fingerprint density at radius 2 is 2.18 bits per heavy atom. The van der Waals surface area contributed by atoms with E-state index in [0.717, 1.165) is 19.3 Å². The van der Waals surface area contributed by atoms with E-state index in [4.69, 9.17) is 0 Å². The Balaban J connectivity index is 3.36. The van der Waals surface area contributed by atoms with Gasteiger partial charge in [0.1, 0.15) is 5.78 Å². The summed E-state index contributed by atoms with van der Waals surface area (Å²) in [5.41, 5.74) is 0. The van der Waals surface area contributed by atoms with Crippen molar-refractivity contribution < 1.29 is 4.79 Å². The maximum Gasteiger partial charge on any atom is 0.145 e. The molecule has 0 aliphatic rings. The van der Waals surface area contributed by atoms with Crippen molar-refractivity contribution in [3.63, 3.8) is 0 Å². The zero-order valence-electron chi connectivity index (χ0n) is 7.18. The molecular formula is C9H17OS. The van der Waals surface area contributed by atoms with Gasteiger partial charge in [-0.15, -0.1) is 0 Å². The lowest BCUT2D eigenvalue weighted by atomic mass is 10.1. The molecule has 1 radical (unpaired) electrons. The molecule has 0 fully saturated rings. The van der Waals surface area contributed by atoms with E-state index in [1.807, 2.05) is 0 Å². The Hall–Kier alpha value is 0.0200. The van der Waals surface area contributed by atoms with Gasteiger partial charge in [-0.1, -0.05) is 26.7 Å². The zero-order valence-corrected chi connectivity index (χ0v) is 8.07. The van der Waals surface area contributed by atoms with E-state index < -0.39 is 0 Å². The van der Waals surface area contributed by atoms with Crippen LogP contribution in [0.2, 0.25) is 0 Å². The van der Waals surface area contributed by atoms with Crippen LogP contribution in [0.5, 0.6) is 0 Å². The van der Waals surface area contributed by atoms with Gasteiger partial charge in [0.05, 0.1) is 5.25 Å². The van der Waals surface area contributed by atoms with Gasteiger partial charge in [0.2, 0.25) is 0 Å². The summed E-state index contributed by atoms with van der Waals surface area (Å²) in [5.74, 6) is 0.247. The molecule has 0 N–H and O–H groups in total. The molecule has 2 heteroatoms. The SMILES string of the molecule is [CH2]CC(S)C(=O)CCCCC. The Labute approximate surface area is 75.0 Å². The third kappa shape index (κ3) is 5.31. The van der Waals surface area contributed by atoms with Gasteiger partial charge in [0, 0.05) is 6.42 Å². The van der Waals surface area contributed by atoms with Crippen molar-refractivity contribution >= 4 is 18.4 Å². The zero-order chi connectivity index (χ0) is 8.69. The van der Waals surface area contributed by atoms with Crippen LogP contribution in [-0.4, -0.2) is 11.0 Å². The number of carbonyl (C=O) groups is 1. The maximum absolute atomic E-state index is 11.1. The number of ketones is 1. The summed E-state index contributed by atoms with van der Waals surface area (Å²) in [5, 5.41) is -0.133. The Bertz CT molecular complexity index is 112. The highest BCUT2D eigenvalue weighted by Gasteiger charge is 2.09. The number of unbranched alkanes of at least 4 members (excludes halogenated alkanes) is 2. The quantitative estimate of drug-likeness (QED) is 0.482. The van der Waals surface area contributed by atoms with Crippen LogP contribution >= 0.6 is 12.6 Å². The fourth-order valence-electron chi connectivity index (χ4n) is 0.877. The first-order valence-corrected chi connectivity index (χ1v) is 4.74. The summed E-state index contributed by atoms with van der Waals surface area (Å²) in [4.78, 5) is 11.1. The van der Waals surface area contributed by atoms with Crippen LogP contribution in [0.1, 0.15) is 39.0 Å². The second-order valence-corrected chi connectivity index (χ2v) is 3.35. The van der Waals surface area contributed by atoms with Gasteiger partial charge in [0.15, 0.2) is 0 Å². The Morgan fingerprint density at radius 3 is 2.64 bits per heavy atom. The molecule has 65 valence electrons. The minimum atomic E-state index is -0.133. The number of carbonyl (C=O) groups excluding carboxylic acids is 1. The molecule has 0 amide bonds. The van der Waals surface area contributed by atoms with Gasteiger partial charge in [-0.2, -0.15) is 12.6 Å². The number of Topliss-reactive ketones (excluding diaryl/α,β-unsaturated/α-hetero) is 1. The molecule has 0 aliphatic heterocycles. The lowest BCUT2D eigenvalue weighted by molar-refractivity contribution is -0.118. The van der Waals surface area contributed by atoms with Crippen LogP contribution in [0.3, 0.4) is 0 Å². The van der Waals surface area contributed by atoms with E-state index in [9.17, 15) is 4.79 Å². The highest BCUT2D eigenvalue weighted by molar-refractivity contribution is 7.81. The monoisotopic (exact) mass is 173 g/mol. The normalized spacial score (nSPS) is 13.0. The van der Waals surface area contributed by atoms with Crippen molar-refractivity contribution in [3.05, 3.63) is 6.92 Å². The maximum atomic E-state index is 11.1. The minimum absolute atomic E-state index is 0.133. The summed E-state index contributed by atoms with van der Waals surface area (Å²) in [7, 11) is 0.